The lowest BCUT2D eigenvalue weighted by Gasteiger charge is -2.21. The first-order chi connectivity index (χ1) is 13.1. The molecule has 1 aliphatic heterocycles. The van der Waals surface area contributed by atoms with Gasteiger partial charge in [-0.25, -0.2) is 0 Å². The number of hydrogen-bond acceptors (Lipinski definition) is 7. The molecule has 0 bridgehead atoms. The third-order valence-electron chi connectivity index (χ3n) is 3.89. The molecule has 1 saturated heterocycles. The van der Waals surface area contributed by atoms with Crippen molar-refractivity contribution in [2.45, 2.75) is 84.6 Å². The standard InChI is InChI=1S/C20H35N3O6/c1-12(2)9-13-20(23-13,16(26)21-10-14(24)28-18(3,4)5)17(27)22-11-15(25)29-19(6,7)8/h12-13,23H,9-11H2,1-8H3,(H,21,26)(H,22,27). The van der Waals surface area contributed by atoms with E-state index in [-0.39, 0.29) is 25.0 Å². The first-order valence-corrected chi connectivity index (χ1v) is 9.85. The Morgan fingerprint density at radius 2 is 1.24 bits per heavy atom. The van der Waals surface area contributed by atoms with Gasteiger partial charge in [-0.05, 0) is 53.9 Å². The maximum absolute atomic E-state index is 12.7. The van der Waals surface area contributed by atoms with Gasteiger partial charge in [0.15, 0.2) is 5.54 Å². The number of esters is 2. The van der Waals surface area contributed by atoms with Crippen LogP contribution in [0.5, 0.6) is 0 Å². The van der Waals surface area contributed by atoms with E-state index < -0.39 is 40.5 Å². The average molecular weight is 414 g/mol. The molecule has 1 unspecified atom stereocenters. The van der Waals surface area contributed by atoms with Crippen molar-refractivity contribution in [1.82, 2.24) is 16.0 Å². The summed E-state index contributed by atoms with van der Waals surface area (Å²) in [4.78, 5) is 49.2. The fourth-order valence-electron chi connectivity index (χ4n) is 2.83. The molecule has 0 aromatic heterocycles. The molecule has 2 amide bonds. The highest BCUT2D eigenvalue weighted by Gasteiger charge is 2.65. The van der Waals surface area contributed by atoms with E-state index in [0.717, 1.165) is 0 Å². The molecule has 1 rings (SSSR count). The van der Waals surface area contributed by atoms with Crippen molar-refractivity contribution < 1.29 is 28.7 Å². The minimum atomic E-state index is -1.52. The van der Waals surface area contributed by atoms with Gasteiger partial charge in [-0.1, -0.05) is 13.8 Å². The van der Waals surface area contributed by atoms with Crippen molar-refractivity contribution in [1.29, 1.82) is 0 Å². The molecule has 9 heteroatoms. The second kappa shape index (κ2) is 9.11. The Morgan fingerprint density at radius 3 is 1.55 bits per heavy atom. The number of hydrogen-bond donors (Lipinski definition) is 3. The number of ether oxygens (including phenoxy) is 2. The Labute approximate surface area is 172 Å². The maximum atomic E-state index is 12.7. The molecular formula is C20H35N3O6. The number of rotatable bonds is 8. The molecule has 3 N–H and O–H groups in total. The van der Waals surface area contributed by atoms with E-state index >= 15 is 0 Å². The molecule has 0 spiro atoms. The summed E-state index contributed by atoms with van der Waals surface area (Å²) in [6.07, 6.45) is 0.583. The number of nitrogens with one attached hydrogen (secondary N) is 3. The normalized spacial score (nSPS) is 18.0. The molecule has 166 valence electrons. The van der Waals surface area contributed by atoms with Gasteiger partial charge >= 0.3 is 11.9 Å². The second-order valence-corrected chi connectivity index (χ2v) is 9.67. The van der Waals surface area contributed by atoms with Crippen molar-refractivity contribution in [2.75, 3.05) is 13.1 Å². The molecule has 0 radical (unpaired) electrons. The predicted octanol–water partition coefficient (Wildman–Crippen LogP) is 0.659. The van der Waals surface area contributed by atoms with Crippen LogP contribution in [0.4, 0.5) is 0 Å². The van der Waals surface area contributed by atoms with E-state index in [1.165, 1.54) is 0 Å². The zero-order valence-electron chi connectivity index (χ0n) is 18.7. The van der Waals surface area contributed by atoms with Crippen molar-refractivity contribution in [3.05, 3.63) is 0 Å². The predicted molar refractivity (Wildman–Crippen MR) is 107 cm³/mol. The Kier molecular flexibility index (Phi) is 7.81. The highest BCUT2D eigenvalue weighted by molar-refractivity contribution is 6.15. The summed E-state index contributed by atoms with van der Waals surface area (Å²) in [5.41, 5.74) is -2.88. The van der Waals surface area contributed by atoms with Crippen molar-refractivity contribution >= 4 is 23.8 Å². The van der Waals surface area contributed by atoms with Gasteiger partial charge in [-0.2, -0.15) is 0 Å². The summed E-state index contributed by atoms with van der Waals surface area (Å²) >= 11 is 0. The quantitative estimate of drug-likeness (QED) is 0.302. The lowest BCUT2D eigenvalue weighted by Crippen LogP contribution is -2.54. The Bertz CT molecular complexity index is 602. The average Bonchev–Trinajstić information content (AvgIpc) is 3.21. The van der Waals surface area contributed by atoms with Crippen LogP contribution in [-0.2, 0) is 28.7 Å². The topological polar surface area (TPSA) is 133 Å². The SMILES string of the molecule is CC(C)CC1NC1(C(=O)NCC(=O)OC(C)(C)C)C(=O)NCC(=O)OC(C)(C)C. The van der Waals surface area contributed by atoms with Crippen LogP contribution < -0.4 is 16.0 Å². The van der Waals surface area contributed by atoms with E-state index in [9.17, 15) is 19.2 Å². The smallest absolute Gasteiger partial charge is 0.325 e. The van der Waals surface area contributed by atoms with Gasteiger partial charge in [-0.3, -0.25) is 24.5 Å². The van der Waals surface area contributed by atoms with Crippen LogP contribution in [-0.4, -0.2) is 59.6 Å². The van der Waals surface area contributed by atoms with Gasteiger partial charge in [0, 0.05) is 6.04 Å². The number of amides is 2. The first kappa shape index (κ1) is 24.9. The monoisotopic (exact) mass is 413 g/mol. The molecule has 1 fully saturated rings. The molecule has 0 saturated carbocycles. The van der Waals surface area contributed by atoms with Gasteiger partial charge in [0.1, 0.15) is 24.3 Å². The zero-order chi connectivity index (χ0) is 22.6. The summed E-state index contributed by atoms with van der Waals surface area (Å²) in [6.45, 7) is 13.6. The van der Waals surface area contributed by atoms with Crippen molar-refractivity contribution in [3.8, 4) is 0 Å². The molecule has 0 aromatic rings. The highest BCUT2D eigenvalue weighted by atomic mass is 16.6. The fraction of sp³-hybridized carbons (Fsp3) is 0.800. The van der Waals surface area contributed by atoms with Gasteiger partial charge in [0.2, 0.25) is 0 Å². The number of carbonyl (C=O) groups excluding carboxylic acids is 4. The van der Waals surface area contributed by atoms with Crippen LogP contribution in [0.3, 0.4) is 0 Å². The van der Waals surface area contributed by atoms with Crippen LogP contribution in [0.25, 0.3) is 0 Å². The van der Waals surface area contributed by atoms with Gasteiger partial charge in [0.05, 0.1) is 0 Å². The summed E-state index contributed by atoms with van der Waals surface area (Å²) in [5.74, 6) is -2.22. The summed E-state index contributed by atoms with van der Waals surface area (Å²) in [5, 5.41) is 7.86. The van der Waals surface area contributed by atoms with E-state index in [2.05, 4.69) is 16.0 Å². The molecule has 0 aromatic carbocycles. The Hall–Kier alpha value is -2.16. The first-order valence-electron chi connectivity index (χ1n) is 9.85. The van der Waals surface area contributed by atoms with Crippen molar-refractivity contribution in [3.63, 3.8) is 0 Å². The van der Waals surface area contributed by atoms with Crippen LogP contribution >= 0.6 is 0 Å². The summed E-state index contributed by atoms with van der Waals surface area (Å²) < 4.78 is 10.3. The van der Waals surface area contributed by atoms with Crippen LogP contribution in [0.15, 0.2) is 0 Å². The molecule has 9 nitrogen and oxygen atoms in total. The third kappa shape index (κ3) is 8.00. The molecular weight excluding hydrogens is 378 g/mol. The summed E-state index contributed by atoms with van der Waals surface area (Å²) in [6, 6.07) is -0.389. The Morgan fingerprint density at radius 1 is 0.862 bits per heavy atom. The molecule has 29 heavy (non-hydrogen) atoms. The van der Waals surface area contributed by atoms with Crippen LogP contribution in [0.1, 0.15) is 61.8 Å². The zero-order valence-corrected chi connectivity index (χ0v) is 18.7. The maximum Gasteiger partial charge on any atom is 0.325 e. The fourth-order valence-corrected chi connectivity index (χ4v) is 2.83. The lowest BCUT2D eigenvalue weighted by atomic mass is 9.96. The van der Waals surface area contributed by atoms with Gasteiger partial charge < -0.3 is 20.1 Å². The van der Waals surface area contributed by atoms with E-state index in [0.29, 0.717) is 6.42 Å². The molecule has 0 aliphatic carbocycles. The largest absolute Gasteiger partial charge is 0.459 e. The third-order valence-corrected chi connectivity index (χ3v) is 3.89. The molecule has 1 heterocycles. The Balaban J connectivity index is 2.75. The van der Waals surface area contributed by atoms with Crippen LogP contribution in [0, 0.1) is 5.92 Å². The van der Waals surface area contributed by atoms with Crippen molar-refractivity contribution in [2.24, 2.45) is 5.92 Å². The summed E-state index contributed by atoms with van der Waals surface area (Å²) in [7, 11) is 0. The van der Waals surface area contributed by atoms with Gasteiger partial charge in [0.25, 0.3) is 11.8 Å². The highest BCUT2D eigenvalue weighted by Crippen LogP contribution is 2.32. The van der Waals surface area contributed by atoms with E-state index in [1.54, 1.807) is 41.5 Å². The minimum absolute atomic E-state index is 0.242. The van der Waals surface area contributed by atoms with E-state index in [1.807, 2.05) is 13.8 Å². The molecule has 1 atom stereocenters. The molecule has 1 aliphatic rings. The van der Waals surface area contributed by atoms with Gasteiger partial charge in [-0.15, -0.1) is 0 Å². The lowest BCUT2D eigenvalue weighted by molar-refractivity contribution is -0.155. The van der Waals surface area contributed by atoms with Crippen LogP contribution in [0.2, 0.25) is 0 Å². The van der Waals surface area contributed by atoms with E-state index in [4.69, 9.17) is 9.47 Å². The minimum Gasteiger partial charge on any atom is -0.459 e. The number of carbonyl (C=O) groups is 4. The second-order valence-electron chi connectivity index (χ2n) is 9.67.